The van der Waals surface area contributed by atoms with Gasteiger partial charge in [0.2, 0.25) is 5.91 Å². The number of hydrogen-bond donors (Lipinski definition) is 2. The lowest BCUT2D eigenvalue weighted by Crippen LogP contribution is -2.45. The molecule has 1 atom stereocenters. The molecule has 0 heterocycles. The molecule has 120 valence electrons. The first kappa shape index (κ1) is 16.3. The Kier molecular flexibility index (Phi) is 5.06. The zero-order valence-corrected chi connectivity index (χ0v) is 13.1. The highest BCUT2D eigenvalue weighted by molar-refractivity contribution is 5.78. The maximum absolute atomic E-state index is 12.2. The molecule has 1 saturated carbocycles. The highest BCUT2D eigenvalue weighted by Crippen LogP contribution is 2.34. The van der Waals surface area contributed by atoms with Crippen molar-refractivity contribution in [2.24, 2.45) is 5.92 Å². The SMILES string of the molecule is COc1cccc(C(C)(CC(=O)O)NC(=O)CCC2CC2)c1. The quantitative estimate of drug-likeness (QED) is 0.774. The second-order valence-electron chi connectivity index (χ2n) is 6.16. The van der Waals surface area contributed by atoms with Crippen LogP contribution < -0.4 is 10.1 Å². The van der Waals surface area contributed by atoms with E-state index in [1.807, 2.05) is 6.07 Å². The molecule has 0 radical (unpaired) electrons. The highest BCUT2D eigenvalue weighted by atomic mass is 16.5. The van der Waals surface area contributed by atoms with Gasteiger partial charge in [-0.05, 0) is 37.0 Å². The predicted octanol–water partition coefficient (Wildman–Crippen LogP) is 2.69. The van der Waals surface area contributed by atoms with Gasteiger partial charge < -0.3 is 15.2 Å². The fourth-order valence-electron chi connectivity index (χ4n) is 2.60. The van der Waals surface area contributed by atoms with Crippen molar-refractivity contribution < 1.29 is 19.4 Å². The Morgan fingerprint density at radius 1 is 1.41 bits per heavy atom. The van der Waals surface area contributed by atoms with E-state index in [1.165, 1.54) is 12.8 Å². The van der Waals surface area contributed by atoms with E-state index in [4.69, 9.17) is 4.74 Å². The van der Waals surface area contributed by atoms with Gasteiger partial charge in [-0.25, -0.2) is 0 Å². The number of carboxylic acid groups (broad SMARTS) is 1. The molecule has 1 aromatic rings. The van der Waals surface area contributed by atoms with Gasteiger partial charge in [-0.1, -0.05) is 25.0 Å². The second-order valence-corrected chi connectivity index (χ2v) is 6.16. The Morgan fingerprint density at radius 2 is 2.14 bits per heavy atom. The molecule has 1 aliphatic rings. The summed E-state index contributed by atoms with van der Waals surface area (Å²) >= 11 is 0. The van der Waals surface area contributed by atoms with Crippen LogP contribution in [0.2, 0.25) is 0 Å². The number of rotatable bonds is 8. The van der Waals surface area contributed by atoms with E-state index in [2.05, 4.69) is 5.32 Å². The molecule has 0 bridgehead atoms. The molecule has 5 nitrogen and oxygen atoms in total. The second kappa shape index (κ2) is 6.81. The van der Waals surface area contributed by atoms with E-state index in [1.54, 1.807) is 32.2 Å². The van der Waals surface area contributed by atoms with Crippen molar-refractivity contribution >= 4 is 11.9 Å². The molecule has 0 saturated heterocycles. The molecule has 2 rings (SSSR count). The van der Waals surface area contributed by atoms with Gasteiger partial charge in [0, 0.05) is 6.42 Å². The van der Waals surface area contributed by atoms with Crippen molar-refractivity contribution in [1.82, 2.24) is 5.32 Å². The van der Waals surface area contributed by atoms with Gasteiger partial charge in [0.25, 0.3) is 0 Å². The van der Waals surface area contributed by atoms with Gasteiger partial charge in [0.05, 0.1) is 19.1 Å². The summed E-state index contributed by atoms with van der Waals surface area (Å²) in [6.07, 6.45) is 3.57. The molecular formula is C17H23NO4. The van der Waals surface area contributed by atoms with Crippen LogP contribution in [0, 0.1) is 5.92 Å². The number of benzene rings is 1. The average molecular weight is 305 g/mol. The maximum Gasteiger partial charge on any atom is 0.306 e. The van der Waals surface area contributed by atoms with Crippen molar-refractivity contribution in [1.29, 1.82) is 0 Å². The molecule has 1 unspecified atom stereocenters. The van der Waals surface area contributed by atoms with Gasteiger partial charge in [-0.3, -0.25) is 9.59 Å². The summed E-state index contributed by atoms with van der Waals surface area (Å²) in [4.78, 5) is 23.4. The van der Waals surface area contributed by atoms with Crippen molar-refractivity contribution in [3.63, 3.8) is 0 Å². The van der Waals surface area contributed by atoms with Gasteiger partial charge >= 0.3 is 5.97 Å². The smallest absolute Gasteiger partial charge is 0.306 e. The van der Waals surface area contributed by atoms with E-state index >= 15 is 0 Å². The third-order valence-electron chi connectivity index (χ3n) is 4.10. The Balaban J connectivity index is 2.13. The lowest BCUT2D eigenvalue weighted by molar-refractivity contribution is -0.139. The molecule has 1 aliphatic carbocycles. The maximum atomic E-state index is 12.2. The van der Waals surface area contributed by atoms with E-state index in [9.17, 15) is 14.7 Å². The van der Waals surface area contributed by atoms with Gasteiger partial charge in [0.15, 0.2) is 0 Å². The zero-order valence-electron chi connectivity index (χ0n) is 13.1. The molecule has 0 spiro atoms. The van der Waals surface area contributed by atoms with Crippen molar-refractivity contribution in [3.05, 3.63) is 29.8 Å². The Bertz CT molecular complexity index is 553. The van der Waals surface area contributed by atoms with E-state index < -0.39 is 11.5 Å². The molecule has 1 aromatic carbocycles. The summed E-state index contributed by atoms with van der Waals surface area (Å²) in [5, 5.41) is 12.1. The largest absolute Gasteiger partial charge is 0.497 e. The lowest BCUT2D eigenvalue weighted by atomic mass is 9.88. The molecular weight excluding hydrogens is 282 g/mol. The molecule has 1 fully saturated rings. The average Bonchev–Trinajstić information content (AvgIpc) is 3.28. The molecule has 0 aliphatic heterocycles. The van der Waals surface area contributed by atoms with E-state index in [-0.39, 0.29) is 12.3 Å². The number of ether oxygens (including phenoxy) is 1. The van der Waals surface area contributed by atoms with Gasteiger partial charge in [-0.15, -0.1) is 0 Å². The Morgan fingerprint density at radius 3 is 2.73 bits per heavy atom. The van der Waals surface area contributed by atoms with Crippen LogP contribution in [-0.4, -0.2) is 24.1 Å². The summed E-state index contributed by atoms with van der Waals surface area (Å²) in [6.45, 7) is 1.74. The Hall–Kier alpha value is -2.04. The standard InChI is InChI=1S/C17H23NO4/c1-17(11-16(20)21,13-4-3-5-14(10-13)22-2)18-15(19)9-8-12-6-7-12/h3-5,10,12H,6-9,11H2,1-2H3,(H,18,19)(H,20,21). The summed E-state index contributed by atoms with van der Waals surface area (Å²) in [5.41, 5.74) is -0.213. The normalized spacial score (nSPS) is 16.6. The van der Waals surface area contributed by atoms with Gasteiger partial charge in [0.1, 0.15) is 5.75 Å². The van der Waals surface area contributed by atoms with Crippen LogP contribution in [0.15, 0.2) is 24.3 Å². The first-order chi connectivity index (χ1) is 10.4. The third-order valence-corrected chi connectivity index (χ3v) is 4.10. The lowest BCUT2D eigenvalue weighted by Gasteiger charge is -2.30. The minimum absolute atomic E-state index is 0.0986. The molecule has 1 amide bonds. The Labute approximate surface area is 130 Å². The van der Waals surface area contributed by atoms with Crippen LogP contribution in [0.5, 0.6) is 5.75 Å². The monoisotopic (exact) mass is 305 g/mol. The van der Waals surface area contributed by atoms with Crippen LogP contribution in [0.4, 0.5) is 0 Å². The number of carbonyl (C=O) groups is 2. The van der Waals surface area contributed by atoms with E-state index in [0.717, 1.165) is 12.0 Å². The van der Waals surface area contributed by atoms with Crippen LogP contribution in [0.1, 0.15) is 44.6 Å². The molecule has 2 N–H and O–H groups in total. The summed E-state index contributed by atoms with van der Waals surface area (Å²) in [5.74, 6) is 0.265. The highest BCUT2D eigenvalue weighted by Gasteiger charge is 2.32. The summed E-state index contributed by atoms with van der Waals surface area (Å²) in [7, 11) is 1.56. The van der Waals surface area contributed by atoms with Crippen molar-refractivity contribution in [3.8, 4) is 5.75 Å². The minimum Gasteiger partial charge on any atom is -0.497 e. The minimum atomic E-state index is -0.951. The number of carbonyl (C=O) groups excluding carboxylic acids is 1. The number of aliphatic carboxylic acids is 1. The zero-order chi connectivity index (χ0) is 16.2. The van der Waals surface area contributed by atoms with Crippen LogP contribution in [0.3, 0.4) is 0 Å². The summed E-state index contributed by atoms with van der Waals surface area (Å²) in [6, 6.07) is 7.17. The van der Waals surface area contributed by atoms with Gasteiger partial charge in [-0.2, -0.15) is 0 Å². The number of amides is 1. The van der Waals surface area contributed by atoms with Crippen molar-refractivity contribution in [2.75, 3.05) is 7.11 Å². The molecule has 0 aromatic heterocycles. The molecule has 5 heteroatoms. The van der Waals surface area contributed by atoms with E-state index in [0.29, 0.717) is 18.1 Å². The number of nitrogens with one attached hydrogen (secondary N) is 1. The number of hydrogen-bond acceptors (Lipinski definition) is 3. The fraction of sp³-hybridized carbons (Fsp3) is 0.529. The van der Waals surface area contributed by atoms with Crippen LogP contribution in [0.25, 0.3) is 0 Å². The number of methoxy groups -OCH3 is 1. The summed E-state index contributed by atoms with van der Waals surface area (Å²) < 4.78 is 5.19. The van der Waals surface area contributed by atoms with Crippen LogP contribution >= 0.6 is 0 Å². The first-order valence-electron chi connectivity index (χ1n) is 7.60. The van der Waals surface area contributed by atoms with Crippen molar-refractivity contribution in [2.45, 2.75) is 44.6 Å². The third kappa shape index (κ3) is 4.48. The fourth-order valence-corrected chi connectivity index (χ4v) is 2.60. The number of carboxylic acids is 1. The van der Waals surface area contributed by atoms with Crippen LogP contribution in [-0.2, 0) is 15.1 Å². The molecule has 22 heavy (non-hydrogen) atoms. The topological polar surface area (TPSA) is 75.6 Å². The predicted molar refractivity (Wildman–Crippen MR) is 82.7 cm³/mol. The first-order valence-corrected chi connectivity index (χ1v) is 7.60.